The van der Waals surface area contributed by atoms with E-state index < -0.39 is 5.82 Å². The van der Waals surface area contributed by atoms with Gasteiger partial charge in [0, 0.05) is 37.6 Å². The lowest BCUT2D eigenvalue weighted by atomic mass is 10.0. The SMILES string of the molecule is C=N/C=C(\C=N/CNc1ccc(CN2CCOCC2)nc1)CCc1cc(C=O)cc(OC)c1F.CNC. The molecule has 0 aliphatic carbocycles. The Hall–Kier alpha value is -3.47. The van der Waals surface area contributed by atoms with E-state index in [-0.39, 0.29) is 5.75 Å². The molecule has 1 aliphatic rings. The van der Waals surface area contributed by atoms with Crippen LogP contribution in [0.4, 0.5) is 10.1 Å². The Balaban J connectivity index is 0.00000153. The van der Waals surface area contributed by atoms with Gasteiger partial charge in [-0.2, -0.15) is 0 Å². The Morgan fingerprint density at radius 2 is 2.05 bits per heavy atom. The van der Waals surface area contributed by atoms with E-state index in [0.717, 1.165) is 49.8 Å². The van der Waals surface area contributed by atoms with Gasteiger partial charge in [0.2, 0.25) is 0 Å². The summed E-state index contributed by atoms with van der Waals surface area (Å²) in [5, 5.41) is 5.95. The number of allylic oxidation sites excluding steroid dienone is 1. The van der Waals surface area contributed by atoms with Crippen molar-refractivity contribution in [1.29, 1.82) is 0 Å². The van der Waals surface area contributed by atoms with Crippen LogP contribution in [0, 0.1) is 5.82 Å². The average molecular weight is 513 g/mol. The summed E-state index contributed by atoms with van der Waals surface area (Å²) in [5.41, 5.74) is 3.43. The second-order valence-corrected chi connectivity index (χ2v) is 8.27. The molecule has 10 heteroatoms. The number of halogens is 1. The number of carbonyl (C=O) groups is 1. The molecule has 2 N–H and O–H groups in total. The number of carbonyl (C=O) groups excluding carboxylic acids is 1. The van der Waals surface area contributed by atoms with E-state index in [9.17, 15) is 9.18 Å². The highest BCUT2D eigenvalue weighted by molar-refractivity contribution is 5.79. The van der Waals surface area contributed by atoms with Crippen LogP contribution in [0.2, 0.25) is 0 Å². The minimum Gasteiger partial charge on any atom is -0.494 e. The smallest absolute Gasteiger partial charge is 0.168 e. The van der Waals surface area contributed by atoms with Crippen LogP contribution >= 0.6 is 0 Å². The van der Waals surface area contributed by atoms with Gasteiger partial charge in [0.1, 0.15) is 13.0 Å². The Morgan fingerprint density at radius 1 is 1.30 bits per heavy atom. The van der Waals surface area contributed by atoms with Crippen molar-refractivity contribution in [1.82, 2.24) is 15.2 Å². The molecule has 1 aromatic carbocycles. The van der Waals surface area contributed by atoms with Crippen molar-refractivity contribution in [2.24, 2.45) is 9.98 Å². The number of aryl methyl sites for hydroxylation is 1. The first-order chi connectivity index (χ1) is 18.0. The highest BCUT2D eigenvalue weighted by Gasteiger charge is 2.12. The molecule has 1 fully saturated rings. The third kappa shape index (κ3) is 10.6. The second-order valence-electron chi connectivity index (χ2n) is 8.27. The van der Waals surface area contributed by atoms with Gasteiger partial charge in [0.05, 0.1) is 37.9 Å². The number of rotatable bonds is 12. The van der Waals surface area contributed by atoms with Crippen molar-refractivity contribution < 1.29 is 18.7 Å². The molecule has 0 bridgehead atoms. The lowest BCUT2D eigenvalue weighted by molar-refractivity contribution is 0.0336. The molecule has 1 aliphatic heterocycles. The van der Waals surface area contributed by atoms with Crippen LogP contribution in [0.3, 0.4) is 0 Å². The number of ether oxygens (including phenoxy) is 2. The Kier molecular flexibility index (Phi) is 13.7. The number of hydrogen-bond donors (Lipinski definition) is 2. The molecule has 1 saturated heterocycles. The normalized spacial score (nSPS) is 14.1. The summed E-state index contributed by atoms with van der Waals surface area (Å²) >= 11 is 0. The molecule has 0 spiro atoms. The van der Waals surface area contributed by atoms with Gasteiger partial charge in [-0.3, -0.25) is 24.7 Å². The summed E-state index contributed by atoms with van der Waals surface area (Å²) in [6.07, 6.45) is 6.57. The number of methoxy groups -OCH3 is 1. The monoisotopic (exact) mass is 512 g/mol. The van der Waals surface area contributed by atoms with E-state index in [1.165, 1.54) is 19.2 Å². The number of nitrogens with zero attached hydrogens (tertiary/aromatic N) is 4. The van der Waals surface area contributed by atoms with Gasteiger partial charge in [-0.05, 0) is 69.1 Å². The number of benzene rings is 1. The fraction of sp³-hybridized carbons (Fsp3) is 0.407. The molecule has 200 valence electrons. The summed E-state index contributed by atoms with van der Waals surface area (Å²) in [4.78, 5) is 26.2. The van der Waals surface area contributed by atoms with Crippen LogP contribution in [-0.4, -0.2) is 83.3 Å². The lowest BCUT2D eigenvalue weighted by Crippen LogP contribution is -2.35. The van der Waals surface area contributed by atoms with Crippen LogP contribution in [0.15, 0.2) is 52.2 Å². The maximum absolute atomic E-state index is 14.5. The second kappa shape index (κ2) is 17.1. The summed E-state index contributed by atoms with van der Waals surface area (Å²) in [7, 11) is 5.12. The molecule has 9 nitrogen and oxygen atoms in total. The predicted molar refractivity (Wildman–Crippen MR) is 147 cm³/mol. The summed E-state index contributed by atoms with van der Waals surface area (Å²) in [5.74, 6) is -0.420. The van der Waals surface area contributed by atoms with Gasteiger partial charge in [-0.1, -0.05) is 0 Å². The number of morpholine rings is 1. The van der Waals surface area contributed by atoms with Crippen molar-refractivity contribution in [2.45, 2.75) is 19.4 Å². The zero-order chi connectivity index (χ0) is 26.9. The predicted octanol–water partition coefficient (Wildman–Crippen LogP) is 3.37. The van der Waals surface area contributed by atoms with Crippen LogP contribution in [0.5, 0.6) is 5.75 Å². The summed E-state index contributed by atoms with van der Waals surface area (Å²) in [6.45, 7) is 8.04. The Morgan fingerprint density at radius 3 is 2.68 bits per heavy atom. The van der Waals surface area contributed by atoms with E-state index in [4.69, 9.17) is 9.47 Å². The molecule has 37 heavy (non-hydrogen) atoms. The first-order valence-electron chi connectivity index (χ1n) is 12.1. The average Bonchev–Trinajstić information content (AvgIpc) is 2.92. The van der Waals surface area contributed by atoms with Gasteiger partial charge in [0.25, 0.3) is 0 Å². The number of nitrogens with one attached hydrogen (secondary N) is 2. The molecule has 0 atom stereocenters. The van der Waals surface area contributed by atoms with E-state index in [2.05, 4.69) is 37.2 Å². The third-order valence-corrected chi connectivity index (χ3v) is 5.38. The fourth-order valence-corrected chi connectivity index (χ4v) is 3.55. The first kappa shape index (κ1) is 29.8. The zero-order valence-corrected chi connectivity index (χ0v) is 21.9. The molecule has 1 aromatic heterocycles. The van der Waals surface area contributed by atoms with Gasteiger partial charge in [0.15, 0.2) is 11.6 Å². The van der Waals surface area contributed by atoms with Gasteiger partial charge < -0.3 is 20.1 Å². The zero-order valence-electron chi connectivity index (χ0n) is 21.9. The number of aromatic nitrogens is 1. The highest BCUT2D eigenvalue weighted by Crippen LogP contribution is 2.24. The van der Waals surface area contributed by atoms with E-state index in [0.29, 0.717) is 36.9 Å². The molecule has 0 amide bonds. The summed E-state index contributed by atoms with van der Waals surface area (Å²) in [6, 6.07) is 6.89. The van der Waals surface area contributed by atoms with Crippen molar-refractivity contribution in [3.05, 3.63) is 64.9 Å². The molecular weight excluding hydrogens is 475 g/mol. The first-order valence-corrected chi connectivity index (χ1v) is 12.1. The number of pyridine rings is 1. The fourth-order valence-electron chi connectivity index (χ4n) is 3.55. The number of aliphatic imine (C=N–C) groups is 2. The molecule has 0 radical (unpaired) electrons. The third-order valence-electron chi connectivity index (χ3n) is 5.38. The van der Waals surface area contributed by atoms with E-state index >= 15 is 0 Å². The number of anilines is 1. The molecule has 0 unspecified atom stereocenters. The van der Waals surface area contributed by atoms with Crippen molar-refractivity contribution >= 4 is 24.9 Å². The van der Waals surface area contributed by atoms with Crippen molar-refractivity contribution in [3.63, 3.8) is 0 Å². The largest absolute Gasteiger partial charge is 0.494 e. The van der Waals surface area contributed by atoms with Crippen LogP contribution in [0.1, 0.15) is 28.0 Å². The highest BCUT2D eigenvalue weighted by atomic mass is 19.1. The van der Waals surface area contributed by atoms with E-state index in [1.54, 1.807) is 18.6 Å². The molecule has 0 saturated carbocycles. The van der Waals surface area contributed by atoms with Crippen LogP contribution < -0.4 is 15.4 Å². The Labute approximate surface area is 218 Å². The van der Waals surface area contributed by atoms with Crippen LogP contribution in [0.25, 0.3) is 0 Å². The minimum atomic E-state index is -0.470. The standard InChI is InChI=1S/C25H30FN5O3.C2H7N/c1-27-13-19(3-4-21-11-20(17-32)12-24(33-2)25(21)26)14-28-18-30-22-5-6-23(29-15-22)16-31-7-9-34-10-8-31;1-3-2/h5-6,11-15,17,30H,1,3-4,7-10,16,18H2,2H3;3H,1-2H3/b19-13-,28-14-;. The van der Waals surface area contributed by atoms with Crippen LogP contribution in [-0.2, 0) is 17.7 Å². The summed E-state index contributed by atoms with van der Waals surface area (Å²) < 4.78 is 24.9. The van der Waals surface area contributed by atoms with Crippen molar-refractivity contribution in [3.8, 4) is 5.75 Å². The maximum Gasteiger partial charge on any atom is 0.168 e. The van der Waals surface area contributed by atoms with Gasteiger partial charge >= 0.3 is 0 Å². The van der Waals surface area contributed by atoms with Gasteiger partial charge in [-0.15, -0.1) is 0 Å². The van der Waals surface area contributed by atoms with Crippen molar-refractivity contribution in [2.75, 3.05) is 59.5 Å². The molecular formula is C27H37FN6O3. The molecule has 2 aromatic rings. The molecule has 2 heterocycles. The quantitative estimate of drug-likeness (QED) is 0.332. The van der Waals surface area contributed by atoms with Gasteiger partial charge in [-0.25, -0.2) is 4.39 Å². The number of hydrogen-bond acceptors (Lipinski definition) is 9. The minimum absolute atomic E-state index is 0.0504. The molecule has 3 rings (SSSR count). The number of aldehydes is 1. The van der Waals surface area contributed by atoms with E-state index in [1.807, 2.05) is 26.2 Å². The lowest BCUT2D eigenvalue weighted by Gasteiger charge is -2.26. The topological polar surface area (TPSA) is 100 Å². The Bertz CT molecular complexity index is 1040. The maximum atomic E-state index is 14.5.